The number of hydrogen-bond donors (Lipinski definition) is 2. The molecule has 0 unspecified atom stereocenters. The van der Waals surface area contributed by atoms with E-state index in [1.807, 2.05) is 30.3 Å². The van der Waals surface area contributed by atoms with Crippen LogP contribution in [0, 0.1) is 5.82 Å². The Labute approximate surface area is 160 Å². The molecular weight excluding hydrogens is 363 g/mol. The summed E-state index contributed by atoms with van der Waals surface area (Å²) in [5, 5.41) is 18.9. The Hall–Kier alpha value is -3.55. The van der Waals surface area contributed by atoms with Gasteiger partial charge in [-0.15, -0.1) is 5.10 Å². The van der Waals surface area contributed by atoms with Gasteiger partial charge in [0.2, 0.25) is 0 Å². The molecule has 1 heterocycles. The van der Waals surface area contributed by atoms with E-state index >= 15 is 0 Å². The van der Waals surface area contributed by atoms with Crippen LogP contribution in [-0.4, -0.2) is 38.5 Å². The zero-order valence-electron chi connectivity index (χ0n) is 15.0. The van der Waals surface area contributed by atoms with Crippen LogP contribution in [0.2, 0.25) is 0 Å². The number of benzene rings is 2. The quantitative estimate of drug-likeness (QED) is 0.584. The zero-order valence-corrected chi connectivity index (χ0v) is 15.0. The number of aromatic carboxylic acids is 1. The third-order valence-corrected chi connectivity index (χ3v) is 4.17. The van der Waals surface area contributed by atoms with E-state index in [1.165, 1.54) is 23.0 Å². The number of aromatic nitrogens is 3. The summed E-state index contributed by atoms with van der Waals surface area (Å²) >= 11 is 0. The second-order valence-electron chi connectivity index (χ2n) is 6.19. The maximum Gasteiger partial charge on any atom is 0.358 e. The first kappa shape index (κ1) is 19.2. The van der Waals surface area contributed by atoms with E-state index in [2.05, 4.69) is 15.6 Å². The van der Waals surface area contributed by atoms with Crippen LogP contribution in [0.4, 0.5) is 4.39 Å². The van der Waals surface area contributed by atoms with E-state index in [-0.39, 0.29) is 17.2 Å². The van der Waals surface area contributed by atoms with E-state index in [1.54, 1.807) is 6.07 Å². The number of nitrogens with zero attached hydrogens (tertiary/aromatic N) is 3. The monoisotopic (exact) mass is 382 g/mol. The Balaban J connectivity index is 1.55. The molecule has 0 fully saturated rings. The van der Waals surface area contributed by atoms with E-state index in [0.29, 0.717) is 31.5 Å². The third kappa shape index (κ3) is 4.79. The lowest BCUT2D eigenvalue weighted by atomic mass is 9.99. The predicted octanol–water partition coefficient (Wildman–Crippen LogP) is 2.99. The molecule has 1 amide bonds. The maximum atomic E-state index is 13.7. The van der Waals surface area contributed by atoms with Crippen molar-refractivity contribution in [1.29, 1.82) is 0 Å². The lowest BCUT2D eigenvalue weighted by molar-refractivity contribution is 0.0690. The number of rotatable bonds is 8. The van der Waals surface area contributed by atoms with Crippen molar-refractivity contribution in [3.63, 3.8) is 0 Å². The van der Waals surface area contributed by atoms with E-state index in [9.17, 15) is 14.0 Å². The molecule has 2 aromatic carbocycles. The highest BCUT2D eigenvalue weighted by molar-refractivity contribution is 6.00. The van der Waals surface area contributed by atoms with E-state index in [4.69, 9.17) is 5.11 Å². The summed E-state index contributed by atoms with van der Waals surface area (Å²) in [4.78, 5) is 23.3. The van der Waals surface area contributed by atoms with Crippen molar-refractivity contribution < 1.29 is 19.1 Å². The summed E-state index contributed by atoms with van der Waals surface area (Å²) in [6, 6.07) is 13.5. The fourth-order valence-electron chi connectivity index (χ4n) is 2.78. The Morgan fingerprint density at radius 1 is 1.11 bits per heavy atom. The van der Waals surface area contributed by atoms with Gasteiger partial charge in [0.1, 0.15) is 5.82 Å². The Morgan fingerprint density at radius 2 is 1.89 bits per heavy atom. The SMILES string of the molecule is O=C(O)c1cn(CCCCNC(=O)c2cc(F)ccc2-c2ccccc2)nn1. The molecule has 28 heavy (non-hydrogen) atoms. The average Bonchev–Trinajstić information content (AvgIpc) is 3.17. The smallest absolute Gasteiger partial charge is 0.358 e. The highest BCUT2D eigenvalue weighted by Gasteiger charge is 2.14. The number of carboxylic acid groups (broad SMARTS) is 1. The molecule has 0 aliphatic rings. The van der Waals surface area contributed by atoms with Crippen molar-refractivity contribution >= 4 is 11.9 Å². The highest BCUT2D eigenvalue weighted by atomic mass is 19.1. The number of aryl methyl sites for hydroxylation is 1. The Morgan fingerprint density at radius 3 is 2.61 bits per heavy atom. The number of carbonyl (C=O) groups excluding carboxylic acids is 1. The summed E-state index contributed by atoms with van der Waals surface area (Å²) in [6.07, 6.45) is 2.70. The van der Waals surface area contributed by atoms with Crippen LogP contribution in [0.1, 0.15) is 33.7 Å². The van der Waals surface area contributed by atoms with Gasteiger partial charge in [0.05, 0.1) is 11.8 Å². The fraction of sp³-hybridized carbons (Fsp3) is 0.200. The van der Waals surface area contributed by atoms with Crippen molar-refractivity contribution in [2.24, 2.45) is 0 Å². The molecule has 0 aliphatic heterocycles. The van der Waals surface area contributed by atoms with Crippen molar-refractivity contribution in [1.82, 2.24) is 20.3 Å². The van der Waals surface area contributed by atoms with Crippen LogP contribution >= 0.6 is 0 Å². The number of halogens is 1. The van der Waals surface area contributed by atoms with Gasteiger partial charge < -0.3 is 10.4 Å². The van der Waals surface area contributed by atoms with Crippen molar-refractivity contribution in [3.05, 3.63) is 71.8 Å². The van der Waals surface area contributed by atoms with Crippen LogP contribution < -0.4 is 5.32 Å². The van der Waals surface area contributed by atoms with Gasteiger partial charge in [0.15, 0.2) is 5.69 Å². The zero-order chi connectivity index (χ0) is 19.9. The first-order valence-corrected chi connectivity index (χ1v) is 8.81. The topological polar surface area (TPSA) is 97.1 Å². The Kier molecular flexibility index (Phi) is 6.11. The highest BCUT2D eigenvalue weighted by Crippen LogP contribution is 2.24. The van der Waals surface area contributed by atoms with Crippen LogP contribution in [0.5, 0.6) is 0 Å². The molecule has 8 heteroatoms. The van der Waals surface area contributed by atoms with Crippen molar-refractivity contribution in [3.8, 4) is 11.1 Å². The maximum absolute atomic E-state index is 13.7. The minimum Gasteiger partial charge on any atom is -0.476 e. The molecule has 2 N–H and O–H groups in total. The van der Waals surface area contributed by atoms with Gasteiger partial charge in [-0.1, -0.05) is 41.6 Å². The number of amides is 1. The van der Waals surface area contributed by atoms with Gasteiger partial charge in [-0.25, -0.2) is 9.18 Å². The third-order valence-electron chi connectivity index (χ3n) is 4.17. The summed E-state index contributed by atoms with van der Waals surface area (Å²) in [6.45, 7) is 0.898. The molecular formula is C20H19FN4O3. The summed E-state index contributed by atoms with van der Waals surface area (Å²) in [7, 11) is 0. The second kappa shape index (κ2) is 8.90. The van der Waals surface area contributed by atoms with Crippen molar-refractivity contribution in [2.75, 3.05) is 6.54 Å². The predicted molar refractivity (Wildman–Crippen MR) is 100 cm³/mol. The van der Waals surface area contributed by atoms with E-state index < -0.39 is 11.8 Å². The minimum absolute atomic E-state index is 0.104. The van der Waals surface area contributed by atoms with Gasteiger partial charge >= 0.3 is 5.97 Å². The molecule has 144 valence electrons. The van der Waals surface area contributed by atoms with Crippen LogP contribution in [0.15, 0.2) is 54.7 Å². The van der Waals surface area contributed by atoms with Gasteiger partial charge in [0.25, 0.3) is 5.91 Å². The summed E-state index contributed by atoms with van der Waals surface area (Å²) in [5.41, 5.74) is 1.69. The Bertz CT molecular complexity index is 973. The molecule has 3 rings (SSSR count). The van der Waals surface area contributed by atoms with E-state index in [0.717, 1.165) is 5.56 Å². The molecule has 0 aliphatic carbocycles. The standard InChI is InChI=1S/C20H19FN4O3/c21-15-8-9-16(14-6-2-1-3-7-14)17(12-15)19(26)22-10-4-5-11-25-13-18(20(27)28)23-24-25/h1-3,6-9,12-13H,4-5,10-11H2,(H,22,26)(H,27,28). The number of unbranched alkanes of at least 4 members (excludes halogenated alkanes) is 1. The number of carbonyl (C=O) groups is 2. The average molecular weight is 382 g/mol. The molecule has 0 spiro atoms. The van der Waals surface area contributed by atoms with Gasteiger partial charge in [-0.05, 0) is 36.1 Å². The molecule has 1 aromatic heterocycles. The fourth-order valence-corrected chi connectivity index (χ4v) is 2.78. The largest absolute Gasteiger partial charge is 0.476 e. The summed E-state index contributed by atoms with van der Waals surface area (Å²) < 4.78 is 15.1. The lowest BCUT2D eigenvalue weighted by Gasteiger charge is -2.11. The molecule has 3 aromatic rings. The van der Waals surface area contributed by atoms with Crippen LogP contribution in [0.25, 0.3) is 11.1 Å². The minimum atomic E-state index is -1.12. The second-order valence-corrected chi connectivity index (χ2v) is 6.19. The van der Waals surface area contributed by atoms with Gasteiger partial charge in [0, 0.05) is 13.1 Å². The molecule has 0 radical (unpaired) electrons. The molecule has 0 saturated carbocycles. The van der Waals surface area contributed by atoms with Crippen LogP contribution in [-0.2, 0) is 6.54 Å². The number of nitrogens with one attached hydrogen (secondary N) is 1. The summed E-state index contributed by atoms with van der Waals surface area (Å²) in [5.74, 6) is -1.93. The molecule has 0 bridgehead atoms. The molecule has 0 atom stereocenters. The lowest BCUT2D eigenvalue weighted by Crippen LogP contribution is -2.25. The van der Waals surface area contributed by atoms with Crippen molar-refractivity contribution in [2.45, 2.75) is 19.4 Å². The molecule has 0 saturated heterocycles. The number of carboxylic acids is 1. The number of hydrogen-bond acceptors (Lipinski definition) is 4. The van der Waals surface area contributed by atoms with Gasteiger partial charge in [-0.3, -0.25) is 9.48 Å². The van der Waals surface area contributed by atoms with Crippen LogP contribution in [0.3, 0.4) is 0 Å². The van der Waals surface area contributed by atoms with Gasteiger partial charge in [-0.2, -0.15) is 0 Å². The molecule has 7 nitrogen and oxygen atoms in total. The normalized spacial score (nSPS) is 10.6. The first-order valence-electron chi connectivity index (χ1n) is 8.81. The first-order chi connectivity index (χ1) is 13.5.